The van der Waals surface area contributed by atoms with Gasteiger partial charge in [0.1, 0.15) is 0 Å². The molecule has 0 aliphatic rings. The van der Waals surface area contributed by atoms with Crippen LogP contribution in [0.25, 0.3) is 0 Å². The SMILES string of the molecule is CCn1nncc1NC(C)=O. The third kappa shape index (κ3) is 1.76. The average Bonchev–Trinajstić information content (AvgIpc) is 2.34. The molecular formula is C6H10N4O. The van der Waals surface area contributed by atoms with Crippen molar-refractivity contribution in [3.05, 3.63) is 6.20 Å². The number of rotatable bonds is 2. The third-order valence-corrected chi connectivity index (χ3v) is 1.22. The second-order valence-corrected chi connectivity index (χ2v) is 2.12. The van der Waals surface area contributed by atoms with E-state index in [2.05, 4.69) is 15.6 Å². The van der Waals surface area contributed by atoms with Crippen molar-refractivity contribution in [3.63, 3.8) is 0 Å². The smallest absolute Gasteiger partial charge is 0.222 e. The molecule has 60 valence electrons. The highest BCUT2D eigenvalue weighted by Gasteiger charge is 2.01. The van der Waals surface area contributed by atoms with E-state index >= 15 is 0 Å². The fourth-order valence-corrected chi connectivity index (χ4v) is 0.768. The molecule has 0 aliphatic heterocycles. The Hall–Kier alpha value is -1.39. The minimum absolute atomic E-state index is 0.109. The molecule has 0 saturated heterocycles. The van der Waals surface area contributed by atoms with Gasteiger partial charge in [-0.1, -0.05) is 5.21 Å². The topological polar surface area (TPSA) is 59.8 Å². The van der Waals surface area contributed by atoms with Gasteiger partial charge in [-0.2, -0.15) is 0 Å². The quantitative estimate of drug-likeness (QED) is 0.664. The zero-order chi connectivity index (χ0) is 8.27. The van der Waals surface area contributed by atoms with E-state index in [-0.39, 0.29) is 5.91 Å². The van der Waals surface area contributed by atoms with Crippen molar-refractivity contribution in [3.8, 4) is 0 Å². The first-order valence-electron chi connectivity index (χ1n) is 3.40. The summed E-state index contributed by atoms with van der Waals surface area (Å²) in [5, 5.41) is 9.99. The fraction of sp³-hybridized carbons (Fsp3) is 0.500. The molecule has 0 spiro atoms. The Balaban J connectivity index is 2.76. The number of amides is 1. The minimum atomic E-state index is -0.109. The summed E-state index contributed by atoms with van der Waals surface area (Å²) >= 11 is 0. The maximum atomic E-state index is 10.6. The van der Waals surface area contributed by atoms with Gasteiger partial charge < -0.3 is 5.32 Å². The maximum Gasteiger partial charge on any atom is 0.222 e. The number of hydrogen-bond acceptors (Lipinski definition) is 3. The number of carbonyl (C=O) groups excluding carboxylic acids is 1. The van der Waals surface area contributed by atoms with E-state index in [9.17, 15) is 4.79 Å². The van der Waals surface area contributed by atoms with Crippen LogP contribution < -0.4 is 5.32 Å². The largest absolute Gasteiger partial charge is 0.310 e. The molecule has 5 nitrogen and oxygen atoms in total. The number of nitrogens with zero attached hydrogens (tertiary/aromatic N) is 3. The molecule has 0 fully saturated rings. The van der Waals surface area contributed by atoms with Crippen molar-refractivity contribution in [2.75, 3.05) is 5.32 Å². The number of hydrogen-bond donors (Lipinski definition) is 1. The molecule has 0 saturated carbocycles. The Morgan fingerprint density at radius 3 is 3.09 bits per heavy atom. The van der Waals surface area contributed by atoms with Gasteiger partial charge >= 0.3 is 0 Å². The Morgan fingerprint density at radius 2 is 2.55 bits per heavy atom. The normalized spacial score (nSPS) is 9.64. The monoisotopic (exact) mass is 154 g/mol. The van der Waals surface area contributed by atoms with Crippen LogP contribution in [-0.4, -0.2) is 20.9 Å². The summed E-state index contributed by atoms with van der Waals surface area (Å²) in [5.74, 6) is 0.530. The predicted molar refractivity (Wildman–Crippen MR) is 40.0 cm³/mol. The van der Waals surface area contributed by atoms with E-state index in [0.29, 0.717) is 12.4 Å². The zero-order valence-corrected chi connectivity index (χ0v) is 6.53. The Kier molecular flexibility index (Phi) is 2.20. The fourth-order valence-electron chi connectivity index (χ4n) is 0.768. The molecule has 1 aromatic heterocycles. The van der Waals surface area contributed by atoms with Crippen molar-refractivity contribution >= 4 is 11.7 Å². The summed E-state index contributed by atoms with van der Waals surface area (Å²) in [4.78, 5) is 10.6. The van der Waals surface area contributed by atoms with Crippen LogP contribution in [0.1, 0.15) is 13.8 Å². The van der Waals surface area contributed by atoms with Crippen molar-refractivity contribution in [1.82, 2.24) is 15.0 Å². The van der Waals surface area contributed by atoms with Gasteiger partial charge in [-0.25, -0.2) is 4.68 Å². The molecule has 1 heterocycles. The van der Waals surface area contributed by atoms with Gasteiger partial charge in [0.2, 0.25) is 5.91 Å². The van der Waals surface area contributed by atoms with Gasteiger partial charge in [-0.15, -0.1) is 5.10 Å². The second-order valence-electron chi connectivity index (χ2n) is 2.12. The van der Waals surface area contributed by atoms with Crippen LogP contribution in [0.5, 0.6) is 0 Å². The summed E-state index contributed by atoms with van der Waals surface area (Å²) in [6, 6.07) is 0. The summed E-state index contributed by atoms with van der Waals surface area (Å²) in [7, 11) is 0. The van der Waals surface area contributed by atoms with Crippen molar-refractivity contribution in [2.24, 2.45) is 0 Å². The number of aryl methyl sites for hydroxylation is 1. The maximum absolute atomic E-state index is 10.6. The molecule has 1 rings (SSSR count). The Morgan fingerprint density at radius 1 is 1.82 bits per heavy atom. The summed E-state index contributed by atoms with van der Waals surface area (Å²) in [5.41, 5.74) is 0. The van der Waals surface area contributed by atoms with E-state index in [1.54, 1.807) is 4.68 Å². The highest BCUT2D eigenvalue weighted by Crippen LogP contribution is 2.01. The molecule has 0 unspecified atom stereocenters. The van der Waals surface area contributed by atoms with Gasteiger partial charge in [0.05, 0.1) is 6.20 Å². The predicted octanol–water partition coefficient (Wildman–Crippen LogP) is 0.256. The van der Waals surface area contributed by atoms with Gasteiger partial charge in [0, 0.05) is 13.5 Å². The first kappa shape index (κ1) is 7.71. The van der Waals surface area contributed by atoms with Crippen LogP contribution in [0, 0.1) is 0 Å². The number of anilines is 1. The summed E-state index contributed by atoms with van der Waals surface area (Å²) < 4.78 is 1.61. The van der Waals surface area contributed by atoms with Crippen LogP contribution in [0.15, 0.2) is 6.20 Å². The second kappa shape index (κ2) is 3.14. The summed E-state index contributed by atoms with van der Waals surface area (Å²) in [6.07, 6.45) is 1.52. The van der Waals surface area contributed by atoms with Crippen LogP contribution in [0.2, 0.25) is 0 Å². The molecule has 0 radical (unpaired) electrons. The molecule has 1 aromatic rings. The third-order valence-electron chi connectivity index (χ3n) is 1.22. The lowest BCUT2D eigenvalue weighted by atomic mass is 10.6. The van der Waals surface area contributed by atoms with E-state index < -0.39 is 0 Å². The molecule has 0 atom stereocenters. The Labute approximate surface area is 64.4 Å². The van der Waals surface area contributed by atoms with Crippen LogP contribution in [-0.2, 0) is 11.3 Å². The molecule has 5 heteroatoms. The molecule has 1 amide bonds. The molecule has 0 bridgehead atoms. The van der Waals surface area contributed by atoms with Crippen molar-refractivity contribution < 1.29 is 4.79 Å². The van der Waals surface area contributed by atoms with Gasteiger partial charge in [0.25, 0.3) is 0 Å². The van der Waals surface area contributed by atoms with Crippen LogP contribution in [0.3, 0.4) is 0 Å². The lowest BCUT2D eigenvalue weighted by molar-refractivity contribution is -0.114. The van der Waals surface area contributed by atoms with Gasteiger partial charge in [0.15, 0.2) is 5.82 Å². The molecular weight excluding hydrogens is 144 g/mol. The molecule has 0 aromatic carbocycles. The lowest BCUT2D eigenvalue weighted by Gasteiger charge is -2.01. The van der Waals surface area contributed by atoms with Gasteiger partial charge in [-0.3, -0.25) is 4.79 Å². The zero-order valence-electron chi connectivity index (χ0n) is 6.53. The standard InChI is InChI=1S/C6H10N4O/c1-3-10-6(4-7-9-10)8-5(2)11/h4H,3H2,1-2H3,(H,8,11). The van der Waals surface area contributed by atoms with Crippen molar-refractivity contribution in [1.29, 1.82) is 0 Å². The van der Waals surface area contributed by atoms with Crippen molar-refractivity contribution in [2.45, 2.75) is 20.4 Å². The minimum Gasteiger partial charge on any atom is -0.310 e. The van der Waals surface area contributed by atoms with E-state index in [4.69, 9.17) is 0 Å². The highest BCUT2D eigenvalue weighted by atomic mass is 16.1. The average molecular weight is 154 g/mol. The number of carbonyl (C=O) groups is 1. The molecule has 1 N–H and O–H groups in total. The number of nitrogens with one attached hydrogen (secondary N) is 1. The summed E-state index contributed by atoms with van der Waals surface area (Å²) in [6.45, 7) is 4.09. The molecule has 11 heavy (non-hydrogen) atoms. The van der Waals surface area contributed by atoms with E-state index in [1.807, 2.05) is 6.92 Å². The first-order chi connectivity index (χ1) is 5.24. The molecule has 0 aliphatic carbocycles. The number of aromatic nitrogens is 3. The van der Waals surface area contributed by atoms with Crippen LogP contribution in [0.4, 0.5) is 5.82 Å². The Bertz CT molecular complexity index is 255. The first-order valence-corrected chi connectivity index (χ1v) is 3.40. The van der Waals surface area contributed by atoms with E-state index in [1.165, 1.54) is 13.1 Å². The van der Waals surface area contributed by atoms with E-state index in [0.717, 1.165) is 0 Å². The highest BCUT2D eigenvalue weighted by molar-refractivity contribution is 5.87. The lowest BCUT2D eigenvalue weighted by Crippen LogP contribution is -2.11. The van der Waals surface area contributed by atoms with Crippen LogP contribution >= 0.6 is 0 Å². The van der Waals surface area contributed by atoms with Gasteiger partial charge in [-0.05, 0) is 6.92 Å².